The van der Waals surface area contributed by atoms with Gasteiger partial charge in [0.05, 0.1) is 18.8 Å². The normalized spacial score (nSPS) is 12.6. The van der Waals surface area contributed by atoms with Gasteiger partial charge in [0.2, 0.25) is 5.91 Å². The first-order chi connectivity index (χ1) is 36.7. The molecule has 2 atom stereocenters. The summed E-state index contributed by atoms with van der Waals surface area (Å²) in [5.74, 6) is -0.0531. The molecular formula is C70H139NO3. The first kappa shape index (κ1) is 73.1. The van der Waals surface area contributed by atoms with Gasteiger partial charge in [0.1, 0.15) is 0 Å². The quantitative estimate of drug-likeness (QED) is 0.0420. The summed E-state index contributed by atoms with van der Waals surface area (Å²) in [5.41, 5.74) is 0. The summed E-state index contributed by atoms with van der Waals surface area (Å²) >= 11 is 0. The van der Waals surface area contributed by atoms with Crippen LogP contribution in [0.5, 0.6) is 0 Å². The largest absolute Gasteiger partial charge is 0.394 e. The highest BCUT2D eigenvalue weighted by Gasteiger charge is 2.18. The lowest BCUT2D eigenvalue weighted by Crippen LogP contribution is -2.45. The zero-order valence-corrected chi connectivity index (χ0v) is 51.2. The summed E-state index contributed by atoms with van der Waals surface area (Å²) in [7, 11) is 0. The first-order valence-corrected chi connectivity index (χ1v) is 34.9. The van der Waals surface area contributed by atoms with Crippen LogP contribution in [0.2, 0.25) is 0 Å². The molecule has 0 radical (unpaired) electrons. The van der Waals surface area contributed by atoms with Crippen molar-refractivity contribution in [3.8, 4) is 0 Å². The van der Waals surface area contributed by atoms with E-state index in [9.17, 15) is 15.0 Å². The minimum absolute atomic E-state index is 0.0531. The van der Waals surface area contributed by atoms with Crippen LogP contribution in [0.25, 0.3) is 0 Å². The fourth-order valence-corrected chi connectivity index (χ4v) is 11.5. The number of carbonyl (C=O) groups excluding carboxylic acids is 1. The van der Waals surface area contributed by atoms with Crippen molar-refractivity contribution in [3.05, 3.63) is 12.2 Å². The fourth-order valence-electron chi connectivity index (χ4n) is 11.5. The standard InChI is InChI=1S/C70H139NO3/c1-3-5-7-9-11-13-15-17-19-21-23-25-27-29-31-33-34-35-36-38-39-41-43-45-47-49-51-53-55-57-59-61-63-65-69(73)68(67-72)71-70(74)66-64-62-60-58-56-54-52-50-48-46-44-42-40-37-32-30-28-26-24-22-20-18-16-14-12-10-8-6-4-2/h63,65,68-69,72-73H,3-62,64,66-67H2,1-2H3,(H,71,74)/b65-63+. The molecule has 0 heterocycles. The number of amides is 1. The van der Waals surface area contributed by atoms with E-state index in [0.717, 1.165) is 25.7 Å². The van der Waals surface area contributed by atoms with Crippen LogP contribution in [0.4, 0.5) is 0 Å². The number of hydrogen-bond donors (Lipinski definition) is 3. The predicted octanol–water partition coefficient (Wildman–Crippen LogP) is 23.6. The van der Waals surface area contributed by atoms with E-state index in [2.05, 4.69) is 19.2 Å². The zero-order chi connectivity index (χ0) is 53.4. The molecule has 2 unspecified atom stereocenters. The van der Waals surface area contributed by atoms with Crippen molar-refractivity contribution in [2.45, 2.75) is 424 Å². The molecule has 0 fully saturated rings. The zero-order valence-electron chi connectivity index (χ0n) is 51.2. The van der Waals surface area contributed by atoms with Gasteiger partial charge in [-0.3, -0.25) is 4.79 Å². The van der Waals surface area contributed by atoms with Gasteiger partial charge in [0.15, 0.2) is 0 Å². The van der Waals surface area contributed by atoms with Crippen molar-refractivity contribution in [1.29, 1.82) is 0 Å². The molecule has 0 saturated carbocycles. The number of unbranched alkanes of at least 4 members (excludes halogenated alkanes) is 59. The van der Waals surface area contributed by atoms with Gasteiger partial charge < -0.3 is 15.5 Å². The third-order valence-corrected chi connectivity index (χ3v) is 16.8. The maximum atomic E-state index is 12.5. The Morgan fingerprint density at radius 1 is 0.311 bits per heavy atom. The molecule has 74 heavy (non-hydrogen) atoms. The van der Waals surface area contributed by atoms with Crippen LogP contribution in [0.1, 0.15) is 412 Å². The summed E-state index contributed by atoms with van der Waals surface area (Å²) in [6.45, 7) is 4.37. The Morgan fingerprint density at radius 3 is 0.703 bits per heavy atom. The molecule has 0 aromatic heterocycles. The Hall–Kier alpha value is -0.870. The van der Waals surface area contributed by atoms with Crippen molar-refractivity contribution < 1.29 is 15.0 Å². The molecular weight excluding hydrogens is 903 g/mol. The Balaban J connectivity index is 3.39. The highest BCUT2D eigenvalue weighted by Crippen LogP contribution is 2.20. The van der Waals surface area contributed by atoms with Crippen LogP contribution >= 0.6 is 0 Å². The smallest absolute Gasteiger partial charge is 0.220 e. The minimum atomic E-state index is -0.837. The number of carbonyl (C=O) groups is 1. The molecule has 0 rings (SSSR count). The van der Waals surface area contributed by atoms with E-state index >= 15 is 0 Å². The van der Waals surface area contributed by atoms with Gasteiger partial charge in [-0.2, -0.15) is 0 Å². The number of nitrogens with one attached hydrogen (secondary N) is 1. The monoisotopic (exact) mass is 1040 g/mol. The molecule has 4 nitrogen and oxygen atoms in total. The summed E-state index contributed by atoms with van der Waals surface area (Å²) in [6, 6.07) is -0.620. The summed E-state index contributed by atoms with van der Waals surface area (Å²) in [5, 5.41) is 23.3. The van der Waals surface area contributed by atoms with Gasteiger partial charge >= 0.3 is 0 Å². The number of aliphatic hydroxyl groups is 2. The average molecular weight is 1040 g/mol. The van der Waals surface area contributed by atoms with Crippen LogP contribution in [0.3, 0.4) is 0 Å². The van der Waals surface area contributed by atoms with Crippen LogP contribution in [-0.4, -0.2) is 34.9 Å². The highest BCUT2D eigenvalue weighted by molar-refractivity contribution is 5.76. The van der Waals surface area contributed by atoms with E-state index < -0.39 is 12.1 Å². The molecule has 0 aliphatic carbocycles. The number of hydrogen-bond acceptors (Lipinski definition) is 3. The average Bonchev–Trinajstić information content (AvgIpc) is 3.40. The summed E-state index contributed by atoms with van der Waals surface area (Å²) in [4.78, 5) is 12.5. The summed E-state index contributed by atoms with van der Waals surface area (Å²) in [6.07, 6.45) is 88.8. The second-order valence-corrected chi connectivity index (χ2v) is 24.3. The first-order valence-electron chi connectivity index (χ1n) is 34.9. The second kappa shape index (κ2) is 66.4. The predicted molar refractivity (Wildman–Crippen MR) is 332 cm³/mol. The van der Waals surface area contributed by atoms with Crippen LogP contribution in [0.15, 0.2) is 12.2 Å². The van der Waals surface area contributed by atoms with Crippen LogP contribution in [-0.2, 0) is 4.79 Å². The molecule has 0 saturated heterocycles. The Labute approximate surface area is 467 Å². The molecule has 3 N–H and O–H groups in total. The van der Waals surface area contributed by atoms with E-state index in [1.54, 1.807) is 6.08 Å². The molecule has 0 bridgehead atoms. The lowest BCUT2D eigenvalue weighted by Gasteiger charge is -2.20. The minimum Gasteiger partial charge on any atom is -0.394 e. The topological polar surface area (TPSA) is 69.6 Å². The number of allylic oxidation sites excluding steroid dienone is 1. The summed E-state index contributed by atoms with van der Waals surface area (Å²) < 4.78 is 0. The molecule has 442 valence electrons. The number of rotatable bonds is 66. The van der Waals surface area contributed by atoms with Crippen LogP contribution in [0, 0.1) is 0 Å². The van der Waals surface area contributed by atoms with Crippen molar-refractivity contribution in [2.75, 3.05) is 6.61 Å². The second-order valence-electron chi connectivity index (χ2n) is 24.3. The lowest BCUT2D eigenvalue weighted by atomic mass is 10.0. The molecule has 0 aliphatic rings. The van der Waals surface area contributed by atoms with E-state index in [0.29, 0.717) is 6.42 Å². The van der Waals surface area contributed by atoms with Crippen molar-refractivity contribution in [3.63, 3.8) is 0 Å². The Kier molecular flexibility index (Phi) is 65.6. The molecule has 4 heteroatoms. The van der Waals surface area contributed by atoms with Gasteiger partial charge in [-0.25, -0.2) is 0 Å². The fraction of sp³-hybridized carbons (Fsp3) is 0.957. The highest BCUT2D eigenvalue weighted by atomic mass is 16.3. The van der Waals surface area contributed by atoms with Gasteiger partial charge in [-0.05, 0) is 19.3 Å². The lowest BCUT2D eigenvalue weighted by molar-refractivity contribution is -0.123. The molecule has 0 aromatic rings. The van der Waals surface area contributed by atoms with E-state index in [1.807, 2.05) is 6.08 Å². The Morgan fingerprint density at radius 2 is 0.500 bits per heavy atom. The third-order valence-electron chi connectivity index (χ3n) is 16.8. The SMILES string of the molecule is CCCCCCCCCCCCCCCCCCCCCCCCCCCCCCCCC/C=C/C(O)C(CO)NC(=O)CCCCCCCCCCCCCCCCCCCCCCCCCCCCCCC. The van der Waals surface area contributed by atoms with Gasteiger partial charge in [0, 0.05) is 6.42 Å². The maximum absolute atomic E-state index is 12.5. The molecule has 1 amide bonds. The van der Waals surface area contributed by atoms with Crippen molar-refractivity contribution in [2.24, 2.45) is 0 Å². The van der Waals surface area contributed by atoms with E-state index in [-0.39, 0.29) is 12.5 Å². The van der Waals surface area contributed by atoms with Gasteiger partial charge in [0.25, 0.3) is 0 Å². The number of aliphatic hydroxyl groups excluding tert-OH is 2. The van der Waals surface area contributed by atoms with E-state index in [4.69, 9.17) is 0 Å². The van der Waals surface area contributed by atoms with Gasteiger partial charge in [-0.15, -0.1) is 0 Å². The molecule has 0 aromatic carbocycles. The Bertz CT molecular complexity index is 1040. The third kappa shape index (κ3) is 62.0. The van der Waals surface area contributed by atoms with Crippen molar-refractivity contribution >= 4 is 5.91 Å². The van der Waals surface area contributed by atoms with E-state index in [1.165, 1.54) is 366 Å². The maximum Gasteiger partial charge on any atom is 0.220 e. The molecule has 0 spiro atoms. The van der Waals surface area contributed by atoms with Crippen molar-refractivity contribution in [1.82, 2.24) is 5.32 Å². The molecule has 0 aliphatic heterocycles. The van der Waals surface area contributed by atoms with Gasteiger partial charge in [-0.1, -0.05) is 398 Å². The van der Waals surface area contributed by atoms with Crippen LogP contribution < -0.4 is 5.32 Å².